The summed E-state index contributed by atoms with van der Waals surface area (Å²) in [6, 6.07) is 88.7. The van der Waals surface area contributed by atoms with Crippen LogP contribution < -0.4 is 52.1 Å². The van der Waals surface area contributed by atoms with Crippen LogP contribution in [0.2, 0.25) is 0 Å². The maximum atomic E-state index is 14.6. The molecule has 0 saturated heterocycles. The zero-order valence-electron chi connectivity index (χ0n) is 39.5. The molecule has 10 aromatic rings. The minimum absolute atomic E-state index is 0.207. The molecule has 0 N–H and O–H groups in total. The van der Waals surface area contributed by atoms with E-state index in [0.717, 1.165) is 10.6 Å². The summed E-state index contributed by atoms with van der Waals surface area (Å²) in [5, 5.41) is 9.16. The molecule has 8 heteroatoms. The van der Waals surface area contributed by atoms with Gasteiger partial charge in [-0.15, -0.1) is 0 Å². The number of ether oxygens (including phenoxy) is 1. The summed E-state index contributed by atoms with van der Waals surface area (Å²) in [5.74, 6) is -1.87. The number of nitrogens with zero attached hydrogens (tertiary/aromatic N) is 1. The van der Waals surface area contributed by atoms with Gasteiger partial charge in [0.15, 0.2) is 0 Å². The van der Waals surface area contributed by atoms with Gasteiger partial charge in [0.1, 0.15) is 0 Å². The van der Waals surface area contributed by atoms with Gasteiger partial charge in [-0.2, -0.15) is 0 Å². The molecule has 0 aromatic heterocycles. The number of fused-ring (bicyclic) bond motifs is 2. The van der Waals surface area contributed by atoms with Gasteiger partial charge in [0.25, 0.3) is 0 Å². The standard InChI is InChI=1S/C65H47NO5P2/c67-62-57-39-37-47(43-59(57)63(68)61(62)45-21-19-35-55(41-45)72(49-23-7-1-8-24-49,50-25-9-2-10-26-50)51-27-11-3-12-28-51)71-48-38-40-58-60(44-48)65(70)66(64(58)69)46-22-20-36-56(42-46)73(52-29-13-4-14-30-52,53-31-15-5-16-32-53)54-33-17-6-18-34-54/h1-44,61,72-73H. The molecule has 1 aliphatic heterocycles. The van der Waals surface area contributed by atoms with Gasteiger partial charge in [0.2, 0.25) is 0 Å². The van der Waals surface area contributed by atoms with E-state index < -0.39 is 32.3 Å². The third kappa shape index (κ3) is 7.58. The third-order valence-corrected chi connectivity index (χ3v) is 24.1. The zero-order valence-corrected chi connectivity index (χ0v) is 41.5. The van der Waals surface area contributed by atoms with Gasteiger partial charge in [-0.1, -0.05) is 0 Å². The summed E-state index contributed by atoms with van der Waals surface area (Å²) in [4.78, 5) is 59.0. The predicted octanol–water partition coefficient (Wildman–Crippen LogP) is 10.1. The molecule has 6 nitrogen and oxygen atoms in total. The van der Waals surface area contributed by atoms with E-state index in [-0.39, 0.29) is 28.3 Å². The van der Waals surface area contributed by atoms with Crippen molar-refractivity contribution in [3.8, 4) is 11.5 Å². The van der Waals surface area contributed by atoms with Crippen LogP contribution in [0.3, 0.4) is 0 Å². The molecule has 0 saturated carbocycles. The Bertz CT molecular complexity index is 3300. The molecule has 1 unspecified atom stereocenters. The van der Waals surface area contributed by atoms with Crippen molar-refractivity contribution in [2.24, 2.45) is 0 Å². The molecule has 10 aromatic carbocycles. The topological polar surface area (TPSA) is 80.8 Å². The first-order valence-electron chi connectivity index (χ1n) is 24.3. The van der Waals surface area contributed by atoms with E-state index in [4.69, 9.17) is 4.74 Å². The summed E-state index contributed by atoms with van der Waals surface area (Å²) < 4.78 is 6.37. The van der Waals surface area contributed by atoms with Crippen LogP contribution >= 0.6 is 14.5 Å². The van der Waals surface area contributed by atoms with E-state index >= 15 is 0 Å². The molecule has 73 heavy (non-hydrogen) atoms. The van der Waals surface area contributed by atoms with Gasteiger partial charge in [0.05, 0.1) is 0 Å². The van der Waals surface area contributed by atoms with Crippen LogP contribution in [0.5, 0.6) is 11.5 Å². The van der Waals surface area contributed by atoms with Crippen molar-refractivity contribution in [3.63, 3.8) is 0 Å². The Balaban J connectivity index is 0.849. The minimum atomic E-state index is -2.96. The van der Waals surface area contributed by atoms with E-state index in [1.54, 1.807) is 36.4 Å². The molecule has 2 aliphatic rings. The van der Waals surface area contributed by atoms with Crippen LogP contribution in [0.25, 0.3) is 0 Å². The number of hydrogen-bond acceptors (Lipinski definition) is 5. The van der Waals surface area contributed by atoms with Crippen LogP contribution in [-0.2, 0) is 0 Å². The average molecular weight is 984 g/mol. The predicted molar refractivity (Wildman–Crippen MR) is 301 cm³/mol. The van der Waals surface area contributed by atoms with Crippen LogP contribution in [0, 0.1) is 0 Å². The van der Waals surface area contributed by atoms with Crippen molar-refractivity contribution >= 4 is 86.0 Å². The fraction of sp³-hybridized carbons (Fsp3) is 0.0154. The van der Waals surface area contributed by atoms with Crippen LogP contribution in [0.1, 0.15) is 52.9 Å². The number of imide groups is 1. The second-order valence-corrected chi connectivity index (χ2v) is 26.1. The average Bonchev–Trinajstić information content (AvgIpc) is 3.85. The molecule has 0 spiro atoms. The molecule has 1 atom stereocenters. The number of anilines is 1. The number of benzene rings is 10. The van der Waals surface area contributed by atoms with Crippen molar-refractivity contribution < 1.29 is 23.9 Å². The summed E-state index contributed by atoms with van der Waals surface area (Å²) in [7, 11) is -5.90. The second-order valence-electron chi connectivity index (χ2n) is 18.5. The Labute approximate surface area is 424 Å². The van der Waals surface area contributed by atoms with Crippen molar-refractivity contribution in [1.82, 2.24) is 0 Å². The van der Waals surface area contributed by atoms with Gasteiger partial charge in [-0.05, 0) is 0 Å². The quantitative estimate of drug-likeness (QED) is 0.0692. The Hall–Kier alpha value is -8.66. The third-order valence-electron chi connectivity index (χ3n) is 14.6. The summed E-state index contributed by atoms with van der Waals surface area (Å²) in [5.41, 5.74) is 2.18. The number of carbonyl (C=O) groups excluding carboxylic acids is 4. The van der Waals surface area contributed by atoms with Gasteiger partial charge in [-0.3, -0.25) is 0 Å². The molecular weight excluding hydrogens is 937 g/mol. The van der Waals surface area contributed by atoms with Crippen LogP contribution in [-0.4, -0.2) is 23.4 Å². The molecule has 0 radical (unpaired) electrons. The first kappa shape index (κ1) is 45.5. The number of rotatable bonds is 12. The fourth-order valence-electron chi connectivity index (χ4n) is 11.4. The number of carbonyl (C=O) groups is 4. The number of hydrogen-bond donors (Lipinski definition) is 0. The van der Waals surface area contributed by atoms with Gasteiger partial charge >= 0.3 is 427 Å². The molecule has 2 amide bonds. The van der Waals surface area contributed by atoms with Crippen LogP contribution in [0.15, 0.2) is 267 Å². The normalized spacial score (nSPS) is 14.7. The summed E-state index contributed by atoms with van der Waals surface area (Å²) >= 11 is 0. The number of amides is 2. The number of Topliss-reactive ketones (excluding diaryl/α,β-unsaturated/α-hetero) is 2. The fourth-order valence-corrected chi connectivity index (χ4v) is 20.9. The van der Waals surface area contributed by atoms with Gasteiger partial charge < -0.3 is 0 Å². The Kier molecular flexibility index (Phi) is 11.7. The molecule has 352 valence electrons. The molecular formula is C65H47NO5P2. The van der Waals surface area contributed by atoms with E-state index in [1.165, 1.54) is 36.7 Å². The van der Waals surface area contributed by atoms with Crippen molar-refractivity contribution in [1.29, 1.82) is 0 Å². The van der Waals surface area contributed by atoms with E-state index in [2.05, 4.69) is 164 Å². The number of ketones is 2. The zero-order chi connectivity index (χ0) is 49.5. The van der Waals surface area contributed by atoms with Gasteiger partial charge in [0, 0.05) is 0 Å². The molecule has 1 aliphatic carbocycles. The second kappa shape index (κ2) is 18.8. The van der Waals surface area contributed by atoms with E-state index in [0.29, 0.717) is 28.3 Å². The van der Waals surface area contributed by atoms with Crippen molar-refractivity contribution in [2.45, 2.75) is 5.92 Å². The van der Waals surface area contributed by atoms with Crippen molar-refractivity contribution in [2.75, 3.05) is 4.90 Å². The SMILES string of the molecule is O=C1c2ccc(Oc3ccc4c(c3)C(=O)N(c3cccc([PH](c5ccccc5)(c5ccccc5)c5ccccc5)c3)C4=O)cc2C(=O)C1c1cccc([PH](c2ccccc2)(c2ccccc2)c2ccccc2)c1. The Morgan fingerprint density at radius 2 is 0.658 bits per heavy atom. The van der Waals surface area contributed by atoms with E-state index in [9.17, 15) is 19.2 Å². The Morgan fingerprint density at radius 1 is 0.301 bits per heavy atom. The van der Waals surface area contributed by atoms with Crippen molar-refractivity contribution in [3.05, 3.63) is 295 Å². The first-order valence-corrected chi connectivity index (χ1v) is 28.3. The monoisotopic (exact) mass is 983 g/mol. The van der Waals surface area contributed by atoms with Gasteiger partial charge in [-0.25, -0.2) is 0 Å². The summed E-state index contributed by atoms with van der Waals surface area (Å²) in [6.07, 6.45) is 0. The van der Waals surface area contributed by atoms with Crippen LogP contribution in [0.4, 0.5) is 5.69 Å². The molecule has 0 bridgehead atoms. The molecule has 0 fully saturated rings. The Morgan fingerprint density at radius 3 is 1.11 bits per heavy atom. The maximum absolute atomic E-state index is 14.6. The summed E-state index contributed by atoms with van der Waals surface area (Å²) in [6.45, 7) is 0. The molecule has 1 heterocycles. The first-order chi connectivity index (χ1) is 35.9. The molecule has 12 rings (SSSR count). The van der Waals surface area contributed by atoms with E-state index in [1.807, 2.05) is 66.7 Å².